The third-order valence-electron chi connectivity index (χ3n) is 4.80. The SMILES string of the molecule is C/C=C(\NC)c1ccc(-c2ccc3cc(/C(=C/C)NC)ccc3c2)cc1. The van der Waals surface area contributed by atoms with Gasteiger partial charge in [0.25, 0.3) is 0 Å². The lowest BCUT2D eigenvalue weighted by Crippen LogP contribution is -2.03. The van der Waals surface area contributed by atoms with Gasteiger partial charge in [-0.2, -0.15) is 0 Å². The van der Waals surface area contributed by atoms with Crippen LogP contribution in [0.15, 0.2) is 72.8 Å². The van der Waals surface area contributed by atoms with Gasteiger partial charge in [-0.05, 0) is 59.0 Å². The molecule has 0 aliphatic carbocycles. The molecule has 0 saturated carbocycles. The molecule has 26 heavy (non-hydrogen) atoms. The van der Waals surface area contributed by atoms with E-state index in [-0.39, 0.29) is 0 Å². The molecule has 0 bridgehead atoms. The van der Waals surface area contributed by atoms with Crippen LogP contribution in [0.5, 0.6) is 0 Å². The van der Waals surface area contributed by atoms with Gasteiger partial charge in [-0.25, -0.2) is 0 Å². The molecule has 0 atom stereocenters. The van der Waals surface area contributed by atoms with Crippen molar-refractivity contribution in [2.45, 2.75) is 13.8 Å². The van der Waals surface area contributed by atoms with Crippen molar-refractivity contribution in [2.24, 2.45) is 0 Å². The second-order valence-electron chi connectivity index (χ2n) is 6.26. The number of hydrogen-bond donors (Lipinski definition) is 2. The molecule has 0 heterocycles. The van der Waals surface area contributed by atoms with Crippen LogP contribution < -0.4 is 10.6 Å². The first-order chi connectivity index (χ1) is 12.7. The Morgan fingerprint density at radius 2 is 1.12 bits per heavy atom. The second kappa shape index (κ2) is 7.92. The third-order valence-corrected chi connectivity index (χ3v) is 4.80. The lowest BCUT2D eigenvalue weighted by Gasteiger charge is -2.10. The van der Waals surface area contributed by atoms with E-state index < -0.39 is 0 Å². The summed E-state index contributed by atoms with van der Waals surface area (Å²) in [6, 6.07) is 22.0. The maximum Gasteiger partial charge on any atom is 0.0368 e. The molecule has 2 heteroatoms. The number of hydrogen-bond acceptors (Lipinski definition) is 2. The summed E-state index contributed by atoms with van der Waals surface area (Å²) < 4.78 is 0. The van der Waals surface area contributed by atoms with Crippen molar-refractivity contribution in [1.82, 2.24) is 10.6 Å². The Morgan fingerprint density at radius 1 is 0.615 bits per heavy atom. The molecule has 0 aliphatic rings. The molecule has 2 nitrogen and oxygen atoms in total. The highest BCUT2D eigenvalue weighted by atomic mass is 14.8. The van der Waals surface area contributed by atoms with Gasteiger partial charge in [0.15, 0.2) is 0 Å². The highest BCUT2D eigenvalue weighted by Crippen LogP contribution is 2.27. The van der Waals surface area contributed by atoms with Gasteiger partial charge >= 0.3 is 0 Å². The second-order valence-corrected chi connectivity index (χ2v) is 6.26. The van der Waals surface area contributed by atoms with Crippen molar-refractivity contribution < 1.29 is 0 Å². The molecule has 0 saturated heterocycles. The minimum atomic E-state index is 1.15. The molecule has 0 spiro atoms. The van der Waals surface area contributed by atoms with E-state index in [1.54, 1.807) is 0 Å². The standard InChI is InChI=1S/C24H26N2/c1-5-23(25-3)18-9-7-17(8-10-18)19-11-12-21-16-22(24(6-2)26-4)14-13-20(21)15-19/h5-16,25-26H,1-4H3/b23-5-,24-6-. The Hall–Kier alpha value is -3.00. The van der Waals surface area contributed by atoms with Crippen LogP contribution >= 0.6 is 0 Å². The zero-order valence-corrected chi connectivity index (χ0v) is 15.9. The van der Waals surface area contributed by atoms with Crippen molar-refractivity contribution in [3.8, 4) is 11.1 Å². The maximum absolute atomic E-state index is 3.25. The fraction of sp³-hybridized carbons (Fsp3) is 0.167. The minimum Gasteiger partial charge on any atom is -0.388 e. The predicted octanol–water partition coefficient (Wildman–Crippen LogP) is 5.67. The molecule has 2 N–H and O–H groups in total. The number of allylic oxidation sites excluding steroid dienone is 2. The van der Waals surface area contributed by atoms with Crippen LogP contribution in [-0.4, -0.2) is 14.1 Å². The number of rotatable bonds is 5. The highest BCUT2D eigenvalue weighted by Gasteiger charge is 2.04. The average Bonchev–Trinajstić information content (AvgIpc) is 2.70. The zero-order valence-electron chi connectivity index (χ0n) is 15.9. The predicted molar refractivity (Wildman–Crippen MR) is 115 cm³/mol. The molecule has 0 radical (unpaired) electrons. The monoisotopic (exact) mass is 342 g/mol. The van der Waals surface area contributed by atoms with E-state index in [1.165, 1.54) is 33.0 Å². The van der Waals surface area contributed by atoms with Crippen LogP contribution in [0, 0.1) is 0 Å². The molecule has 3 aromatic rings. The van der Waals surface area contributed by atoms with Crippen molar-refractivity contribution >= 4 is 22.2 Å². The Kier molecular flexibility index (Phi) is 5.43. The molecular weight excluding hydrogens is 316 g/mol. The lowest BCUT2D eigenvalue weighted by atomic mass is 9.98. The molecule has 3 rings (SSSR count). The van der Waals surface area contributed by atoms with E-state index in [2.05, 4.69) is 90.4 Å². The molecule has 0 aliphatic heterocycles. The van der Waals surface area contributed by atoms with Crippen LogP contribution in [0.4, 0.5) is 0 Å². The number of nitrogens with one attached hydrogen (secondary N) is 2. The van der Waals surface area contributed by atoms with Crippen LogP contribution in [0.2, 0.25) is 0 Å². The molecule has 0 fully saturated rings. The smallest absolute Gasteiger partial charge is 0.0368 e. The summed E-state index contributed by atoms with van der Waals surface area (Å²) in [5, 5.41) is 8.98. The number of benzene rings is 3. The van der Waals surface area contributed by atoms with Crippen molar-refractivity contribution in [3.05, 3.63) is 83.9 Å². The Balaban J connectivity index is 1.95. The van der Waals surface area contributed by atoms with Gasteiger partial charge in [0, 0.05) is 25.5 Å². The first-order valence-electron chi connectivity index (χ1n) is 9.03. The van der Waals surface area contributed by atoms with Crippen molar-refractivity contribution in [3.63, 3.8) is 0 Å². The van der Waals surface area contributed by atoms with Gasteiger partial charge in [0.2, 0.25) is 0 Å². The van der Waals surface area contributed by atoms with Crippen LogP contribution in [0.3, 0.4) is 0 Å². The summed E-state index contributed by atoms with van der Waals surface area (Å²) in [7, 11) is 3.91. The van der Waals surface area contributed by atoms with E-state index in [4.69, 9.17) is 0 Å². The van der Waals surface area contributed by atoms with Gasteiger partial charge in [0.05, 0.1) is 0 Å². The van der Waals surface area contributed by atoms with Gasteiger partial charge in [0.1, 0.15) is 0 Å². The topological polar surface area (TPSA) is 24.1 Å². The fourth-order valence-electron chi connectivity index (χ4n) is 3.35. The normalized spacial score (nSPS) is 12.3. The van der Waals surface area contributed by atoms with Gasteiger partial charge < -0.3 is 10.6 Å². The summed E-state index contributed by atoms with van der Waals surface area (Å²) in [4.78, 5) is 0. The largest absolute Gasteiger partial charge is 0.388 e. The summed E-state index contributed by atoms with van der Waals surface area (Å²) in [6.45, 7) is 4.10. The van der Waals surface area contributed by atoms with Crippen LogP contribution in [-0.2, 0) is 0 Å². The van der Waals surface area contributed by atoms with E-state index in [0.717, 1.165) is 11.4 Å². The molecule has 132 valence electrons. The molecular formula is C24H26N2. The van der Waals surface area contributed by atoms with Gasteiger partial charge in [-0.3, -0.25) is 0 Å². The van der Waals surface area contributed by atoms with Gasteiger partial charge in [-0.15, -0.1) is 0 Å². The Morgan fingerprint density at radius 3 is 1.73 bits per heavy atom. The average molecular weight is 342 g/mol. The van der Waals surface area contributed by atoms with E-state index in [0.29, 0.717) is 0 Å². The van der Waals surface area contributed by atoms with E-state index >= 15 is 0 Å². The van der Waals surface area contributed by atoms with Crippen molar-refractivity contribution in [1.29, 1.82) is 0 Å². The van der Waals surface area contributed by atoms with Crippen LogP contribution in [0.25, 0.3) is 33.3 Å². The summed E-state index contributed by atoms with van der Waals surface area (Å²) in [5.74, 6) is 0. The van der Waals surface area contributed by atoms with E-state index in [1.807, 2.05) is 21.0 Å². The molecule has 0 unspecified atom stereocenters. The summed E-state index contributed by atoms with van der Waals surface area (Å²) in [6.07, 6.45) is 4.19. The first-order valence-corrected chi connectivity index (χ1v) is 9.03. The van der Waals surface area contributed by atoms with E-state index in [9.17, 15) is 0 Å². The zero-order chi connectivity index (χ0) is 18.5. The summed E-state index contributed by atoms with van der Waals surface area (Å²) >= 11 is 0. The fourth-order valence-corrected chi connectivity index (χ4v) is 3.35. The Labute approximate surface area is 156 Å². The van der Waals surface area contributed by atoms with Gasteiger partial charge in [-0.1, -0.05) is 60.7 Å². The molecule has 0 amide bonds. The maximum atomic E-state index is 3.25. The van der Waals surface area contributed by atoms with Crippen LogP contribution in [0.1, 0.15) is 25.0 Å². The molecule has 3 aromatic carbocycles. The molecule has 0 aromatic heterocycles. The quantitative estimate of drug-likeness (QED) is 0.624. The summed E-state index contributed by atoms with van der Waals surface area (Å²) in [5.41, 5.74) is 7.18. The Bertz CT molecular complexity index is 963. The lowest BCUT2D eigenvalue weighted by molar-refractivity contribution is 1.12. The first kappa shape index (κ1) is 17.8. The highest BCUT2D eigenvalue weighted by molar-refractivity contribution is 5.90. The van der Waals surface area contributed by atoms with Crippen molar-refractivity contribution in [2.75, 3.05) is 14.1 Å². The minimum absolute atomic E-state index is 1.15. The third kappa shape index (κ3) is 3.50. The number of fused-ring (bicyclic) bond motifs is 1.